The van der Waals surface area contributed by atoms with Crippen LogP contribution in [0.4, 0.5) is 0 Å². The first kappa shape index (κ1) is 21.3. The minimum Gasteiger partial charge on any atom is -0.374 e. The van der Waals surface area contributed by atoms with E-state index < -0.39 is 5.60 Å². The Morgan fingerprint density at radius 2 is 1.36 bits per heavy atom. The van der Waals surface area contributed by atoms with Gasteiger partial charge in [-0.1, -0.05) is 97.0 Å². The van der Waals surface area contributed by atoms with Crippen LogP contribution < -0.4 is 0 Å². The van der Waals surface area contributed by atoms with Crippen molar-refractivity contribution < 1.29 is 5.11 Å². The molecule has 0 aliphatic rings. The lowest BCUT2D eigenvalue weighted by Crippen LogP contribution is -2.30. The highest BCUT2D eigenvalue weighted by molar-refractivity contribution is 5.20. The molecular formula is C21H38O. The Kier molecular flexibility index (Phi) is 13.4. The number of rotatable bonds is 14. The van der Waals surface area contributed by atoms with E-state index in [1.54, 1.807) is 6.08 Å². The summed E-state index contributed by atoms with van der Waals surface area (Å²) >= 11 is 0. The Hall–Kier alpha value is -0.740. The lowest BCUT2D eigenvalue weighted by atomic mass is 9.90. The monoisotopic (exact) mass is 306 g/mol. The Bertz CT molecular complexity index is 310. The van der Waals surface area contributed by atoms with Gasteiger partial charge in [-0.25, -0.2) is 0 Å². The third kappa shape index (κ3) is 10.9. The molecule has 0 aromatic rings. The summed E-state index contributed by atoms with van der Waals surface area (Å²) in [6, 6.07) is 0. The first-order chi connectivity index (χ1) is 10.6. The Balaban J connectivity index is 3.42. The minimum atomic E-state index is -1.07. The second kappa shape index (κ2) is 13.9. The fourth-order valence-corrected chi connectivity index (χ4v) is 2.60. The van der Waals surface area contributed by atoms with Crippen LogP contribution in [0, 0.1) is 18.3 Å². The van der Waals surface area contributed by atoms with Gasteiger partial charge in [-0.3, -0.25) is 0 Å². The summed E-state index contributed by atoms with van der Waals surface area (Å²) in [4.78, 5) is 0. The average Bonchev–Trinajstić information content (AvgIpc) is 2.51. The van der Waals surface area contributed by atoms with E-state index in [0.717, 1.165) is 6.42 Å². The van der Waals surface area contributed by atoms with Gasteiger partial charge >= 0.3 is 0 Å². The van der Waals surface area contributed by atoms with Crippen molar-refractivity contribution >= 4 is 0 Å². The zero-order valence-electron chi connectivity index (χ0n) is 15.2. The normalized spacial score (nSPS) is 14.4. The molecule has 0 aromatic heterocycles. The standard InChI is InChI=1S/C21H38O/c1-5-7-8-9-10-11-12-13-14-15-16-17-18-19-21(22,6-2)20(3)4/h2,18-20,22H,5,7-17H2,1,3-4H3/b19-18+. The summed E-state index contributed by atoms with van der Waals surface area (Å²) < 4.78 is 0. The van der Waals surface area contributed by atoms with Gasteiger partial charge in [0.15, 0.2) is 0 Å². The molecule has 1 unspecified atom stereocenters. The lowest BCUT2D eigenvalue weighted by molar-refractivity contribution is 0.102. The van der Waals surface area contributed by atoms with Crippen LogP contribution in [0.15, 0.2) is 12.2 Å². The van der Waals surface area contributed by atoms with E-state index in [-0.39, 0.29) is 5.92 Å². The first-order valence-electron chi connectivity index (χ1n) is 9.44. The fraction of sp³-hybridized carbons (Fsp3) is 0.810. The molecule has 22 heavy (non-hydrogen) atoms. The highest BCUT2D eigenvalue weighted by Crippen LogP contribution is 2.18. The Labute approximate surface area is 139 Å². The molecule has 0 heterocycles. The van der Waals surface area contributed by atoms with Gasteiger partial charge in [0.2, 0.25) is 0 Å². The molecule has 128 valence electrons. The number of allylic oxidation sites excluding steroid dienone is 1. The molecule has 0 rings (SSSR count). The molecule has 1 nitrogen and oxygen atoms in total. The average molecular weight is 307 g/mol. The third-order valence-electron chi connectivity index (χ3n) is 4.46. The molecule has 0 radical (unpaired) electrons. The van der Waals surface area contributed by atoms with E-state index >= 15 is 0 Å². The van der Waals surface area contributed by atoms with Crippen molar-refractivity contribution in [3.8, 4) is 12.3 Å². The summed E-state index contributed by atoms with van der Waals surface area (Å²) in [5, 5.41) is 10.2. The van der Waals surface area contributed by atoms with Crippen LogP contribution in [0.1, 0.15) is 97.8 Å². The molecule has 0 aliphatic carbocycles. The van der Waals surface area contributed by atoms with E-state index in [1.807, 2.05) is 19.9 Å². The third-order valence-corrected chi connectivity index (χ3v) is 4.46. The number of terminal acetylenes is 1. The molecule has 0 amide bonds. The molecule has 0 saturated heterocycles. The summed E-state index contributed by atoms with van der Waals surface area (Å²) in [5.41, 5.74) is -1.07. The lowest BCUT2D eigenvalue weighted by Gasteiger charge is -2.22. The van der Waals surface area contributed by atoms with Crippen molar-refractivity contribution in [1.82, 2.24) is 0 Å². The van der Waals surface area contributed by atoms with Crippen LogP contribution in [0.2, 0.25) is 0 Å². The van der Waals surface area contributed by atoms with Gasteiger partial charge in [-0.2, -0.15) is 0 Å². The maximum Gasteiger partial charge on any atom is 0.146 e. The van der Waals surface area contributed by atoms with Crippen molar-refractivity contribution in [3.05, 3.63) is 12.2 Å². The van der Waals surface area contributed by atoms with Crippen LogP contribution >= 0.6 is 0 Å². The molecule has 0 fully saturated rings. The van der Waals surface area contributed by atoms with Gasteiger partial charge in [0.25, 0.3) is 0 Å². The number of hydrogen-bond acceptors (Lipinski definition) is 1. The molecule has 1 N–H and O–H groups in total. The fourth-order valence-electron chi connectivity index (χ4n) is 2.60. The van der Waals surface area contributed by atoms with Crippen molar-refractivity contribution in [2.75, 3.05) is 0 Å². The van der Waals surface area contributed by atoms with Gasteiger partial charge < -0.3 is 5.11 Å². The zero-order valence-corrected chi connectivity index (χ0v) is 15.2. The molecule has 0 aromatic carbocycles. The van der Waals surface area contributed by atoms with E-state index in [0.29, 0.717) is 0 Å². The molecule has 1 heteroatoms. The van der Waals surface area contributed by atoms with E-state index in [1.165, 1.54) is 70.6 Å². The molecule has 1 atom stereocenters. The van der Waals surface area contributed by atoms with Crippen molar-refractivity contribution in [2.24, 2.45) is 5.92 Å². The minimum absolute atomic E-state index is 0.0612. The van der Waals surface area contributed by atoms with E-state index in [2.05, 4.69) is 12.8 Å². The largest absolute Gasteiger partial charge is 0.374 e. The maximum atomic E-state index is 10.2. The summed E-state index contributed by atoms with van der Waals surface area (Å²) in [6.45, 7) is 6.17. The second-order valence-corrected chi connectivity index (χ2v) is 6.85. The summed E-state index contributed by atoms with van der Waals surface area (Å²) in [6.07, 6.45) is 25.3. The molecule has 0 saturated carbocycles. The quantitative estimate of drug-likeness (QED) is 0.228. The van der Waals surface area contributed by atoms with Crippen molar-refractivity contribution in [3.63, 3.8) is 0 Å². The first-order valence-corrected chi connectivity index (χ1v) is 9.44. The van der Waals surface area contributed by atoms with Gasteiger partial charge in [-0.15, -0.1) is 6.42 Å². The smallest absolute Gasteiger partial charge is 0.146 e. The predicted octanol–water partition coefficient (Wildman–Crippen LogP) is 6.26. The Morgan fingerprint density at radius 3 is 1.77 bits per heavy atom. The van der Waals surface area contributed by atoms with Crippen LogP contribution in [-0.4, -0.2) is 10.7 Å². The highest BCUT2D eigenvalue weighted by Gasteiger charge is 2.24. The number of hydrogen-bond donors (Lipinski definition) is 1. The van der Waals surface area contributed by atoms with Gasteiger partial charge in [0.05, 0.1) is 0 Å². The van der Waals surface area contributed by atoms with Gasteiger partial charge in [0.1, 0.15) is 5.60 Å². The van der Waals surface area contributed by atoms with E-state index in [9.17, 15) is 5.11 Å². The maximum absolute atomic E-state index is 10.2. The van der Waals surface area contributed by atoms with Crippen molar-refractivity contribution in [2.45, 2.75) is 103 Å². The summed E-state index contributed by atoms with van der Waals surface area (Å²) in [7, 11) is 0. The highest BCUT2D eigenvalue weighted by atomic mass is 16.3. The van der Waals surface area contributed by atoms with Crippen molar-refractivity contribution in [1.29, 1.82) is 0 Å². The molecule has 0 bridgehead atoms. The predicted molar refractivity (Wildman–Crippen MR) is 98.8 cm³/mol. The molecular weight excluding hydrogens is 268 g/mol. The number of aliphatic hydroxyl groups is 1. The SMILES string of the molecule is C#CC(O)(/C=C/CCCCCCCCCCCCC)C(C)C. The zero-order chi connectivity index (χ0) is 16.7. The second-order valence-electron chi connectivity index (χ2n) is 6.85. The van der Waals surface area contributed by atoms with Gasteiger partial charge in [0, 0.05) is 0 Å². The van der Waals surface area contributed by atoms with Crippen LogP contribution in [0.25, 0.3) is 0 Å². The van der Waals surface area contributed by atoms with Crippen LogP contribution in [0.5, 0.6) is 0 Å². The topological polar surface area (TPSA) is 20.2 Å². The van der Waals surface area contributed by atoms with Crippen LogP contribution in [0.3, 0.4) is 0 Å². The molecule has 0 spiro atoms. The van der Waals surface area contributed by atoms with E-state index in [4.69, 9.17) is 6.42 Å². The van der Waals surface area contributed by atoms with Gasteiger partial charge in [-0.05, 0) is 24.8 Å². The molecule has 0 aliphatic heterocycles. The Morgan fingerprint density at radius 1 is 0.909 bits per heavy atom. The van der Waals surface area contributed by atoms with Crippen LogP contribution in [-0.2, 0) is 0 Å². The number of unbranched alkanes of at least 4 members (excludes halogenated alkanes) is 11. The summed E-state index contributed by atoms with van der Waals surface area (Å²) in [5.74, 6) is 2.55.